The molecule has 1 heterocycles. The van der Waals surface area contributed by atoms with Crippen molar-refractivity contribution in [2.75, 3.05) is 0 Å². The van der Waals surface area contributed by atoms with Crippen molar-refractivity contribution in [1.82, 2.24) is 15.0 Å². The van der Waals surface area contributed by atoms with E-state index in [1.54, 1.807) is 0 Å². The van der Waals surface area contributed by atoms with Gasteiger partial charge >= 0.3 is 0 Å². The number of fused-ring (bicyclic) bond motifs is 10. The van der Waals surface area contributed by atoms with Gasteiger partial charge < -0.3 is 0 Å². The van der Waals surface area contributed by atoms with Crippen molar-refractivity contribution in [3.8, 4) is 89.8 Å². The highest BCUT2D eigenvalue weighted by Gasteiger charge is 2.51. The number of rotatable bonds is 6. The summed E-state index contributed by atoms with van der Waals surface area (Å²) in [6.45, 7) is 0. The lowest BCUT2D eigenvalue weighted by molar-refractivity contribution is 0.794. The van der Waals surface area contributed by atoms with Crippen LogP contribution in [0.25, 0.3) is 89.8 Å². The third kappa shape index (κ3) is 5.48. The summed E-state index contributed by atoms with van der Waals surface area (Å²) in [5.41, 5.74) is 19.8. The zero-order valence-electron chi connectivity index (χ0n) is 33.2. The van der Waals surface area contributed by atoms with Crippen LogP contribution in [0.1, 0.15) is 22.3 Å². The molecule has 3 heteroatoms. The molecule has 0 N–H and O–H groups in total. The molecule has 10 aromatic rings. The van der Waals surface area contributed by atoms with Gasteiger partial charge in [0.15, 0.2) is 17.5 Å². The molecule has 12 rings (SSSR count). The lowest BCUT2D eigenvalue weighted by Crippen LogP contribution is -2.25. The third-order valence-electron chi connectivity index (χ3n) is 12.6. The second kappa shape index (κ2) is 14.1. The molecule has 0 fully saturated rings. The minimum atomic E-state index is -0.377. The second-order valence-electron chi connectivity index (χ2n) is 15.9. The van der Waals surface area contributed by atoms with Crippen LogP contribution in [0.15, 0.2) is 224 Å². The minimum Gasteiger partial charge on any atom is -0.208 e. The fourth-order valence-electron chi connectivity index (χ4n) is 9.93. The zero-order valence-corrected chi connectivity index (χ0v) is 33.2. The summed E-state index contributed by atoms with van der Waals surface area (Å²) in [6.07, 6.45) is 0. The van der Waals surface area contributed by atoms with Gasteiger partial charge in [-0.2, -0.15) is 0 Å². The molecular weight excluding hydrogens is 739 g/mol. The Morgan fingerprint density at radius 3 is 1.13 bits per heavy atom. The van der Waals surface area contributed by atoms with Crippen molar-refractivity contribution in [1.29, 1.82) is 0 Å². The molecule has 61 heavy (non-hydrogen) atoms. The summed E-state index contributed by atoms with van der Waals surface area (Å²) < 4.78 is 0. The van der Waals surface area contributed by atoms with Crippen LogP contribution in [0, 0.1) is 0 Å². The molecule has 2 aliphatic rings. The van der Waals surface area contributed by atoms with Gasteiger partial charge in [-0.1, -0.05) is 218 Å². The molecule has 0 saturated carbocycles. The minimum absolute atomic E-state index is 0.377. The lowest BCUT2D eigenvalue weighted by Gasteiger charge is -2.30. The van der Waals surface area contributed by atoms with E-state index in [4.69, 9.17) is 15.0 Å². The van der Waals surface area contributed by atoms with E-state index in [0.29, 0.717) is 17.5 Å². The maximum Gasteiger partial charge on any atom is 0.164 e. The summed E-state index contributed by atoms with van der Waals surface area (Å²) in [6, 6.07) is 80.4. The monoisotopic (exact) mass is 775 g/mol. The first-order valence-electron chi connectivity index (χ1n) is 20.9. The van der Waals surface area contributed by atoms with E-state index < -0.39 is 0 Å². The first-order chi connectivity index (χ1) is 30.3. The van der Waals surface area contributed by atoms with Gasteiger partial charge in [-0.3, -0.25) is 0 Å². The Hall–Kier alpha value is -8.01. The second-order valence-corrected chi connectivity index (χ2v) is 15.9. The quantitative estimate of drug-likeness (QED) is 0.169. The standard InChI is InChI=1S/C58H37N3/c1-3-17-38(18-4-1)39-31-33-41(34-32-39)56-59-55(40-19-5-2-6-20-40)60-57(61-56)49-27-10-9-23-45(49)44-22-8-7-21-43(44)42-35-36-54-50(37-42)48-26-13-16-30-53(48)58(54)51-28-14-11-24-46(51)47-25-12-15-29-52(47)58/h1-37H. The van der Waals surface area contributed by atoms with E-state index in [1.807, 2.05) is 24.3 Å². The molecule has 0 saturated heterocycles. The Morgan fingerprint density at radius 1 is 0.213 bits per heavy atom. The van der Waals surface area contributed by atoms with E-state index in [-0.39, 0.29) is 5.41 Å². The van der Waals surface area contributed by atoms with Gasteiger partial charge in [0.05, 0.1) is 5.41 Å². The normalized spacial score (nSPS) is 12.7. The van der Waals surface area contributed by atoms with Gasteiger partial charge in [0.1, 0.15) is 0 Å². The Kier molecular flexibility index (Phi) is 8.07. The van der Waals surface area contributed by atoms with E-state index in [9.17, 15) is 0 Å². The molecule has 9 aromatic carbocycles. The van der Waals surface area contributed by atoms with Crippen LogP contribution >= 0.6 is 0 Å². The van der Waals surface area contributed by atoms with Crippen LogP contribution in [0.5, 0.6) is 0 Å². The summed E-state index contributed by atoms with van der Waals surface area (Å²) in [4.78, 5) is 15.5. The van der Waals surface area contributed by atoms with Gasteiger partial charge in [0.25, 0.3) is 0 Å². The number of hydrogen-bond acceptors (Lipinski definition) is 3. The van der Waals surface area contributed by atoms with Gasteiger partial charge in [0, 0.05) is 16.7 Å². The molecule has 1 aromatic heterocycles. The largest absolute Gasteiger partial charge is 0.208 e. The van der Waals surface area contributed by atoms with Crippen LogP contribution in [-0.2, 0) is 5.41 Å². The van der Waals surface area contributed by atoms with Gasteiger partial charge in [0.2, 0.25) is 0 Å². The highest BCUT2D eigenvalue weighted by Crippen LogP contribution is 2.63. The fourth-order valence-corrected chi connectivity index (χ4v) is 9.93. The summed E-state index contributed by atoms with van der Waals surface area (Å²) in [5, 5.41) is 0. The predicted molar refractivity (Wildman–Crippen MR) is 249 cm³/mol. The van der Waals surface area contributed by atoms with Gasteiger partial charge in [-0.15, -0.1) is 0 Å². The Bertz CT molecular complexity index is 3250. The van der Waals surface area contributed by atoms with Crippen LogP contribution in [0.2, 0.25) is 0 Å². The Labute approximate surface area is 355 Å². The van der Waals surface area contributed by atoms with Crippen molar-refractivity contribution in [3.63, 3.8) is 0 Å². The Morgan fingerprint density at radius 2 is 0.557 bits per heavy atom. The topological polar surface area (TPSA) is 38.7 Å². The molecule has 0 radical (unpaired) electrons. The smallest absolute Gasteiger partial charge is 0.164 e. The fraction of sp³-hybridized carbons (Fsp3) is 0.0172. The molecule has 284 valence electrons. The first kappa shape index (κ1) is 35.0. The predicted octanol–water partition coefficient (Wildman–Crippen LogP) is 14.2. The molecule has 0 aliphatic heterocycles. The molecular formula is C58H37N3. The number of benzene rings is 9. The zero-order chi connectivity index (χ0) is 40.3. The molecule has 0 bridgehead atoms. The third-order valence-corrected chi connectivity index (χ3v) is 12.6. The number of hydrogen-bond donors (Lipinski definition) is 0. The molecule has 2 aliphatic carbocycles. The number of aromatic nitrogens is 3. The van der Waals surface area contributed by atoms with Crippen molar-refractivity contribution in [2.24, 2.45) is 0 Å². The highest BCUT2D eigenvalue weighted by atomic mass is 15.0. The maximum absolute atomic E-state index is 5.22. The Balaban J connectivity index is 1.01. The molecule has 3 nitrogen and oxygen atoms in total. The van der Waals surface area contributed by atoms with Crippen molar-refractivity contribution < 1.29 is 0 Å². The van der Waals surface area contributed by atoms with Crippen molar-refractivity contribution in [2.45, 2.75) is 5.41 Å². The van der Waals surface area contributed by atoms with Crippen LogP contribution in [0.3, 0.4) is 0 Å². The summed E-state index contributed by atoms with van der Waals surface area (Å²) in [5.74, 6) is 1.90. The van der Waals surface area contributed by atoms with E-state index in [0.717, 1.165) is 44.5 Å². The van der Waals surface area contributed by atoms with E-state index in [2.05, 4.69) is 200 Å². The molecule has 1 spiro atoms. The number of nitrogens with zero attached hydrogens (tertiary/aromatic N) is 3. The lowest BCUT2D eigenvalue weighted by atomic mass is 9.70. The molecule has 0 amide bonds. The van der Waals surface area contributed by atoms with Crippen LogP contribution in [-0.4, -0.2) is 15.0 Å². The summed E-state index contributed by atoms with van der Waals surface area (Å²) in [7, 11) is 0. The van der Waals surface area contributed by atoms with Gasteiger partial charge in [-0.05, 0) is 84.0 Å². The van der Waals surface area contributed by atoms with E-state index in [1.165, 1.54) is 50.1 Å². The SMILES string of the molecule is c1ccc(-c2ccc(-c3nc(-c4ccccc4)nc(-c4ccccc4-c4ccccc4-c4ccc5c(c4)-c4ccccc4C54c5ccccc5-c5ccccc54)n3)cc2)cc1. The van der Waals surface area contributed by atoms with Crippen molar-refractivity contribution in [3.05, 3.63) is 247 Å². The molecule has 0 atom stereocenters. The summed E-state index contributed by atoms with van der Waals surface area (Å²) >= 11 is 0. The maximum atomic E-state index is 5.22. The van der Waals surface area contributed by atoms with Crippen LogP contribution < -0.4 is 0 Å². The first-order valence-corrected chi connectivity index (χ1v) is 20.9. The van der Waals surface area contributed by atoms with Crippen LogP contribution in [0.4, 0.5) is 0 Å². The van der Waals surface area contributed by atoms with Crippen molar-refractivity contribution >= 4 is 0 Å². The van der Waals surface area contributed by atoms with Gasteiger partial charge in [-0.25, -0.2) is 15.0 Å². The average Bonchev–Trinajstić information content (AvgIpc) is 3.81. The average molecular weight is 776 g/mol. The van der Waals surface area contributed by atoms with E-state index >= 15 is 0 Å². The highest BCUT2D eigenvalue weighted by molar-refractivity contribution is 5.98. The molecule has 0 unspecified atom stereocenters.